The lowest BCUT2D eigenvalue weighted by molar-refractivity contribution is 0.0696. The van der Waals surface area contributed by atoms with Crippen LogP contribution in [0.15, 0.2) is 24.3 Å². The molecule has 0 saturated carbocycles. The predicted molar refractivity (Wildman–Crippen MR) is 70.6 cm³/mol. The first-order valence-corrected chi connectivity index (χ1v) is 5.85. The average Bonchev–Trinajstić information content (AvgIpc) is 2.71. The topological polar surface area (TPSA) is 58.1 Å². The third-order valence-corrected chi connectivity index (χ3v) is 2.83. The molecule has 1 aromatic heterocycles. The predicted octanol–water partition coefficient (Wildman–Crippen LogP) is 2.62. The number of nitrogens with zero attached hydrogens (tertiary/aromatic N) is 1. The molecule has 4 nitrogen and oxygen atoms in total. The fourth-order valence-corrected chi connectivity index (χ4v) is 1.78. The summed E-state index contributed by atoms with van der Waals surface area (Å²) in [5, 5.41) is 9.94. The smallest absolute Gasteiger partial charge is 0.138 e. The zero-order valence-electron chi connectivity index (χ0n) is 11.1. The Balaban J connectivity index is 2.41. The Kier molecular flexibility index (Phi) is 3.13. The lowest BCUT2D eigenvalue weighted by Crippen LogP contribution is -2.17. The van der Waals surface area contributed by atoms with Crippen LogP contribution in [0.2, 0.25) is 0 Å². The van der Waals surface area contributed by atoms with Crippen molar-refractivity contribution in [3.05, 3.63) is 35.8 Å². The van der Waals surface area contributed by atoms with Gasteiger partial charge >= 0.3 is 0 Å². The quantitative estimate of drug-likeness (QED) is 0.875. The van der Waals surface area contributed by atoms with E-state index in [2.05, 4.69) is 9.97 Å². The number of rotatable bonds is 3. The first kappa shape index (κ1) is 12.6. The van der Waals surface area contributed by atoms with Gasteiger partial charge in [0.1, 0.15) is 17.2 Å². The minimum absolute atomic E-state index is 0.575. The van der Waals surface area contributed by atoms with E-state index in [1.54, 1.807) is 21.0 Å². The highest BCUT2D eigenvalue weighted by molar-refractivity contribution is 5.62. The lowest BCUT2D eigenvalue weighted by Gasteiger charge is -2.12. The Morgan fingerprint density at radius 3 is 2.28 bits per heavy atom. The SMILES string of the molecule is COc1ccc(-c2nc(C(C)(C)O)[nH]c2C)cc1. The molecular weight excluding hydrogens is 228 g/mol. The van der Waals surface area contributed by atoms with Crippen molar-refractivity contribution in [3.63, 3.8) is 0 Å². The Hall–Kier alpha value is -1.81. The van der Waals surface area contributed by atoms with Crippen LogP contribution in [0.5, 0.6) is 5.75 Å². The zero-order chi connectivity index (χ0) is 13.3. The fraction of sp³-hybridized carbons (Fsp3) is 0.357. The number of H-pyrrole nitrogens is 1. The number of hydrogen-bond acceptors (Lipinski definition) is 3. The number of methoxy groups -OCH3 is 1. The van der Waals surface area contributed by atoms with Gasteiger partial charge in [-0.05, 0) is 45.0 Å². The Bertz CT molecular complexity index is 536. The van der Waals surface area contributed by atoms with Gasteiger partial charge in [-0.3, -0.25) is 0 Å². The molecule has 1 aromatic carbocycles. The van der Waals surface area contributed by atoms with Gasteiger partial charge in [-0.15, -0.1) is 0 Å². The van der Waals surface area contributed by atoms with E-state index in [-0.39, 0.29) is 0 Å². The molecule has 2 aromatic rings. The number of nitrogens with one attached hydrogen (secondary N) is 1. The summed E-state index contributed by atoms with van der Waals surface area (Å²) < 4.78 is 5.13. The van der Waals surface area contributed by atoms with Gasteiger partial charge in [0.05, 0.1) is 12.8 Å². The van der Waals surface area contributed by atoms with Crippen LogP contribution in [0.25, 0.3) is 11.3 Å². The zero-order valence-corrected chi connectivity index (χ0v) is 11.1. The van der Waals surface area contributed by atoms with Crippen molar-refractivity contribution in [2.45, 2.75) is 26.4 Å². The van der Waals surface area contributed by atoms with Gasteiger partial charge in [0.2, 0.25) is 0 Å². The first-order valence-electron chi connectivity index (χ1n) is 5.85. The van der Waals surface area contributed by atoms with E-state index in [4.69, 9.17) is 4.74 Å². The van der Waals surface area contributed by atoms with Crippen LogP contribution in [-0.2, 0) is 5.60 Å². The molecule has 0 aliphatic heterocycles. The number of aromatic amines is 1. The summed E-state index contributed by atoms with van der Waals surface area (Å²) in [5.74, 6) is 1.39. The third-order valence-electron chi connectivity index (χ3n) is 2.83. The molecule has 1 heterocycles. The van der Waals surface area contributed by atoms with E-state index < -0.39 is 5.60 Å². The summed E-state index contributed by atoms with van der Waals surface area (Å²) in [7, 11) is 1.64. The van der Waals surface area contributed by atoms with Gasteiger partial charge in [-0.2, -0.15) is 0 Å². The molecule has 0 unspecified atom stereocenters. The van der Waals surface area contributed by atoms with Crippen molar-refractivity contribution >= 4 is 0 Å². The van der Waals surface area contributed by atoms with Crippen LogP contribution in [0, 0.1) is 6.92 Å². The van der Waals surface area contributed by atoms with Crippen LogP contribution in [-0.4, -0.2) is 22.2 Å². The van der Waals surface area contributed by atoms with Crippen LogP contribution in [0.3, 0.4) is 0 Å². The van der Waals surface area contributed by atoms with Crippen LogP contribution in [0.4, 0.5) is 0 Å². The largest absolute Gasteiger partial charge is 0.497 e. The summed E-state index contributed by atoms with van der Waals surface area (Å²) in [5.41, 5.74) is 1.84. The van der Waals surface area contributed by atoms with Crippen molar-refractivity contribution in [1.82, 2.24) is 9.97 Å². The number of aliphatic hydroxyl groups is 1. The number of aromatic nitrogens is 2. The van der Waals surface area contributed by atoms with Crippen molar-refractivity contribution in [3.8, 4) is 17.0 Å². The maximum Gasteiger partial charge on any atom is 0.138 e. The van der Waals surface area contributed by atoms with Gasteiger partial charge in [0.25, 0.3) is 0 Å². The lowest BCUT2D eigenvalue weighted by atomic mass is 10.1. The van der Waals surface area contributed by atoms with Gasteiger partial charge in [0.15, 0.2) is 0 Å². The summed E-state index contributed by atoms with van der Waals surface area (Å²) >= 11 is 0. The van der Waals surface area contributed by atoms with Crippen LogP contribution in [0.1, 0.15) is 25.4 Å². The number of ether oxygens (including phenoxy) is 1. The molecule has 2 N–H and O–H groups in total. The van der Waals surface area contributed by atoms with Crippen molar-refractivity contribution in [1.29, 1.82) is 0 Å². The van der Waals surface area contributed by atoms with Crippen LogP contribution < -0.4 is 4.74 Å². The van der Waals surface area contributed by atoms with E-state index in [0.717, 1.165) is 22.7 Å². The number of imidazole rings is 1. The van der Waals surface area contributed by atoms with Crippen molar-refractivity contribution in [2.75, 3.05) is 7.11 Å². The minimum Gasteiger partial charge on any atom is -0.497 e. The molecule has 0 saturated heterocycles. The van der Waals surface area contributed by atoms with Gasteiger partial charge in [0, 0.05) is 11.3 Å². The minimum atomic E-state index is -0.963. The summed E-state index contributed by atoms with van der Waals surface area (Å²) in [6.45, 7) is 5.37. The molecule has 2 rings (SSSR count). The highest BCUT2D eigenvalue weighted by Crippen LogP contribution is 2.26. The molecule has 0 aliphatic rings. The molecule has 0 fully saturated rings. The molecule has 0 bridgehead atoms. The number of hydrogen-bond donors (Lipinski definition) is 2. The van der Waals surface area contributed by atoms with Gasteiger partial charge in [-0.25, -0.2) is 4.98 Å². The second kappa shape index (κ2) is 4.46. The van der Waals surface area contributed by atoms with E-state index in [0.29, 0.717) is 5.82 Å². The Labute approximate surface area is 107 Å². The molecule has 0 aliphatic carbocycles. The monoisotopic (exact) mass is 246 g/mol. The Morgan fingerprint density at radius 2 is 1.83 bits per heavy atom. The molecule has 0 amide bonds. The molecule has 0 atom stereocenters. The summed E-state index contributed by atoms with van der Waals surface area (Å²) in [6.07, 6.45) is 0. The second-order valence-electron chi connectivity index (χ2n) is 4.85. The van der Waals surface area contributed by atoms with E-state index in [1.165, 1.54) is 0 Å². The van der Waals surface area contributed by atoms with E-state index in [9.17, 15) is 5.11 Å². The molecule has 18 heavy (non-hydrogen) atoms. The van der Waals surface area contributed by atoms with Gasteiger partial charge in [-0.1, -0.05) is 0 Å². The molecule has 4 heteroatoms. The van der Waals surface area contributed by atoms with Crippen molar-refractivity contribution in [2.24, 2.45) is 0 Å². The third kappa shape index (κ3) is 2.38. The van der Waals surface area contributed by atoms with Crippen LogP contribution >= 0.6 is 0 Å². The first-order chi connectivity index (χ1) is 8.41. The number of aryl methyl sites for hydroxylation is 1. The Morgan fingerprint density at radius 1 is 1.22 bits per heavy atom. The molecule has 0 radical (unpaired) electrons. The highest BCUT2D eigenvalue weighted by atomic mass is 16.5. The molecule has 0 spiro atoms. The number of benzene rings is 1. The molecule has 96 valence electrons. The second-order valence-corrected chi connectivity index (χ2v) is 4.85. The van der Waals surface area contributed by atoms with Crippen molar-refractivity contribution < 1.29 is 9.84 Å². The fourth-order valence-electron chi connectivity index (χ4n) is 1.78. The summed E-state index contributed by atoms with van der Waals surface area (Å²) in [4.78, 5) is 7.58. The normalized spacial score (nSPS) is 11.6. The highest BCUT2D eigenvalue weighted by Gasteiger charge is 2.22. The standard InChI is InChI=1S/C14H18N2O2/c1-9-12(16-13(15-9)14(2,3)17)10-5-7-11(18-4)8-6-10/h5-8,17H,1-4H3,(H,15,16). The van der Waals surface area contributed by atoms with Gasteiger partial charge < -0.3 is 14.8 Å². The van der Waals surface area contributed by atoms with E-state index in [1.807, 2.05) is 31.2 Å². The maximum atomic E-state index is 9.94. The average molecular weight is 246 g/mol. The summed E-state index contributed by atoms with van der Waals surface area (Å²) in [6, 6.07) is 7.70. The maximum absolute atomic E-state index is 9.94. The molecular formula is C14H18N2O2. The van der Waals surface area contributed by atoms with E-state index >= 15 is 0 Å².